The number of rotatable bonds is 6. The lowest BCUT2D eigenvalue weighted by Gasteiger charge is -2.09. The number of thioether (sulfide) groups is 1. The van der Waals surface area contributed by atoms with Crippen LogP contribution in [0, 0.1) is 0 Å². The third kappa shape index (κ3) is 5.31. The summed E-state index contributed by atoms with van der Waals surface area (Å²) >= 11 is 1.67. The second-order valence-corrected chi connectivity index (χ2v) is 5.84. The molecule has 0 aliphatic heterocycles. The zero-order valence-electron chi connectivity index (χ0n) is 13.7. The molecule has 0 saturated carbocycles. The first-order valence-electron chi connectivity index (χ1n) is 7.57. The van der Waals surface area contributed by atoms with Gasteiger partial charge < -0.3 is 15.4 Å². The summed E-state index contributed by atoms with van der Waals surface area (Å²) in [5.41, 5.74) is 1.96. The minimum atomic E-state index is -0.407. The molecule has 0 atom stereocenters. The third-order valence-corrected chi connectivity index (χ3v) is 3.99. The van der Waals surface area contributed by atoms with Crippen LogP contribution in [0.15, 0.2) is 53.4 Å². The van der Waals surface area contributed by atoms with E-state index in [1.54, 1.807) is 43.0 Å². The molecule has 6 heteroatoms. The molecule has 2 aromatic carbocycles. The lowest BCUT2D eigenvalue weighted by Crippen LogP contribution is -2.28. The third-order valence-electron chi connectivity index (χ3n) is 3.24. The zero-order chi connectivity index (χ0) is 17.4. The maximum Gasteiger partial charge on any atom is 0.338 e. The van der Waals surface area contributed by atoms with Crippen LogP contribution in [-0.4, -0.2) is 24.9 Å². The van der Waals surface area contributed by atoms with E-state index < -0.39 is 5.97 Å². The molecule has 0 spiro atoms. The highest BCUT2D eigenvalue weighted by molar-refractivity contribution is 7.98. The number of nitrogens with one attached hydrogen (secondary N) is 2. The summed E-state index contributed by atoms with van der Waals surface area (Å²) in [5.74, 6) is -0.407. The van der Waals surface area contributed by atoms with Gasteiger partial charge in [0.25, 0.3) is 0 Å². The van der Waals surface area contributed by atoms with E-state index in [1.165, 1.54) is 4.90 Å². The summed E-state index contributed by atoms with van der Waals surface area (Å²) in [6.45, 7) is 2.49. The topological polar surface area (TPSA) is 67.4 Å². The van der Waals surface area contributed by atoms with Crippen molar-refractivity contribution < 1.29 is 14.3 Å². The Hall–Kier alpha value is -2.47. The molecule has 2 N–H and O–H groups in total. The number of ether oxygens (including phenoxy) is 1. The number of hydrogen-bond acceptors (Lipinski definition) is 4. The Labute approximate surface area is 145 Å². The Kier molecular flexibility index (Phi) is 6.69. The second-order valence-electron chi connectivity index (χ2n) is 4.96. The monoisotopic (exact) mass is 344 g/mol. The van der Waals surface area contributed by atoms with Crippen molar-refractivity contribution >= 4 is 29.4 Å². The van der Waals surface area contributed by atoms with Gasteiger partial charge in [0, 0.05) is 17.1 Å². The number of anilines is 1. The van der Waals surface area contributed by atoms with Gasteiger partial charge in [0.05, 0.1) is 12.2 Å². The van der Waals surface area contributed by atoms with E-state index in [1.807, 2.05) is 30.5 Å². The molecule has 0 unspecified atom stereocenters. The van der Waals surface area contributed by atoms with Crippen molar-refractivity contribution in [1.29, 1.82) is 0 Å². The Bertz CT molecular complexity index is 702. The largest absolute Gasteiger partial charge is 0.462 e. The van der Waals surface area contributed by atoms with E-state index in [0.29, 0.717) is 24.4 Å². The average molecular weight is 344 g/mol. The molecule has 24 heavy (non-hydrogen) atoms. The molecule has 0 aliphatic rings. The standard InChI is InChI=1S/C18H20N2O3S/c1-3-23-17(21)14-5-4-6-15(11-14)20-18(22)19-12-13-7-9-16(24-2)10-8-13/h4-11H,3,12H2,1-2H3,(H2,19,20,22). The number of carbonyl (C=O) groups excluding carboxylic acids is 2. The first-order chi connectivity index (χ1) is 11.6. The second kappa shape index (κ2) is 8.98. The number of carbonyl (C=O) groups is 2. The van der Waals surface area contributed by atoms with Crippen molar-refractivity contribution in [1.82, 2.24) is 5.32 Å². The molecule has 2 rings (SSSR count). The molecule has 0 saturated heterocycles. The Morgan fingerprint density at radius 2 is 1.88 bits per heavy atom. The van der Waals surface area contributed by atoms with Crippen molar-refractivity contribution in [2.45, 2.75) is 18.4 Å². The van der Waals surface area contributed by atoms with Gasteiger partial charge >= 0.3 is 12.0 Å². The van der Waals surface area contributed by atoms with Gasteiger partial charge in [-0.3, -0.25) is 0 Å². The smallest absolute Gasteiger partial charge is 0.338 e. The molecule has 0 aliphatic carbocycles. The van der Waals surface area contributed by atoms with Crippen LogP contribution in [0.2, 0.25) is 0 Å². The molecule has 5 nitrogen and oxygen atoms in total. The molecular formula is C18H20N2O3S. The fourth-order valence-electron chi connectivity index (χ4n) is 2.04. The van der Waals surface area contributed by atoms with E-state index >= 15 is 0 Å². The maximum absolute atomic E-state index is 12.0. The highest BCUT2D eigenvalue weighted by Crippen LogP contribution is 2.15. The number of urea groups is 1. The van der Waals surface area contributed by atoms with Crippen LogP contribution in [-0.2, 0) is 11.3 Å². The number of amides is 2. The predicted octanol–water partition coefficient (Wildman–Crippen LogP) is 3.91. The molecule has 0 bridgehead atoms. The Morgan fingerprint density at radius 1 is 1.12 bits per heavy atom. The average Bonchev–Trinajstić information content (AvgIpc) is 2.61. The molecular weight excluding hydrogens is 324 g/mol. The van der Waals surface area contributed by atoms with Crippen LogP contribution in [0.5, 0.6) is 0 Å². The molecule has 0 heterocycles. The molecule has 126 valence electrons. The van der Waals surface area contributed by atoms with Gasteiger partial charge in [-0.1, -0.05) is 18.2 Å². The van der Waals surface area contributed by atoms with Gasteiger partial charge in [-0.25, -0.2) is 9.59 Å². The van der Waals surface area contributed by atoms with Gasteiger partial charge in [0.1, 0.15) is 0 Å². The van der Waals surface area contributed by atoms with Crippen molar-refractivity contribution in [2.24, 2.45) is 0 Å². The van der Waals surface area contributed by atoms with Crippen LogP contribution in [0.4, 0.5) is 10.5 Å². The van der Waals surface area contributed by atoms with E-state index in [-0.39, 0.29) is 6.03 Å². The Morgan fingerprint density at radius 3 is 2.54 bits per heavy atom. The quantitative estimate of drug-likeness (QED) is 0.616. The maximum atomic E-state index is 12.0. The van der Waals surface area contributed by atoms with Gasteiger partial charge in [0.15, 0.2) is 0 Å². The van der Waals surface area contributed by atoms with E-state index in [9.17, 15) is 9.59 Å². The minimum Gasteiger partial charge on any atom is -0.462 e. The zero-order valence-corrected chi connectivity index (χ0v) is 14.5. The van der Waals surface area contributed by atoms with Gasteiger partial charge in [0.2, 0.25) is 0 Å². The number of benzene rings is 2. The predicted molar refractivity (Wildman–Crippen MR) is 96.5 cm³/mol. The van der Waals surface area contributed by atoms with Crippen LogP contribution in [0.1, 0.15) is 22.8 Å². The summed E-state index contributed by atoms with van der Waals surface area (Å²) < 4.78 is 4.94. The molecule has 2 aromatic rings. The van der Waals surface area contributed by atoms with Crippen molar-refractivity contribution in [3.63, 3.8) is 0 Å². The first kappa shape index (κ1) is 17.9. The van der Waals surface area contributed by atoms with E-state index in [2.05, 4.69) is 10.6 Å². The summed E-state index contributed by atoms with van der Waals surface area (Å²) in [7, 11) is 0. The lowest BCUT2D eigenvalue weighted by atomic mass is 10.2. The van der Waals surface area contributed by atoms with Gasteiger partial charge in [-0.05, 0) is 49.1 Å². The first-order valence-corrected chi connectivity index (χ1v) is 8.80. The molecule has 0 fully saturated rings. The van der Waals surface area contributed by atoms with Crippen LogP contribution in [0.3, 0.4) is 0 Å². The summed E-state index contributed by atoms with van der Waals surface area (Å²) in [6.07, 6.45) is 2.02. The normalized spacial score (nSPS) is 10.1. The number of hydrogen-bond donors (Lipinski definition) is 2. The SMILES string of the molecule is CCOC(=O)c1cccc(NC(=O)NCc2ccc(SC)cc2)c1. The van der Waals surface area contributed by atoms with Crippen LogP contribution >= 0.6 is 11.8 Å². The summed E-state index contributed by atoms with van der Waals surface area (Å²) in [6, 6.07) is 14.3. The summed E-state index contributed by atoms with van der Waals surface area (Å²) in [5, 5.41) is 5.50. The fourth-order valence-corrected chi connectivity index (χ4v) is 2.45. The fraction of sp³-hybridized carbons (Fsp3) is 0.222. The van der Waals surface area contributed by atoms with Crippen molar-refractivity contribution in [3.8, 4) is 0 Å². The van der Waals surface area contributed by atoms with Crippen molar-refractivity contribution in [3.05, 3.63) is 59.7 Å². The minimum absolute atomic E-state index is 0.312. The lowest BCUT2D eigenvalue weighted by molar-refractivity contribution is 0.0526. The van der Waals surface area contributed by atoms with E-state index in [0.717, 1.165) is 5.56 Å². The van der Waals surface area contributed by atoms with Crippen LogP contribution in [0.25, 0.3) is 0 Å². The molecule has 0 aromatic heterocycles. The molecule has 2 amide bonds. The van der Waals surface area contributed by atoms with Crippen LogP contribution < -0.4 is 10.6 Å². The highest BCUT2D eigenvalue weighted by atomic mass is 32.2. The van der Waals surface area contributed by atoms with Gasteiger partial charge in [-0.2, -0.15) is 0 Å². The van der Waals surface area contributed by atoms with Crippen molar-refractivity contribution in [2.75, 3.05) is 18.2 Å². The Balaban J connectivity index is 1.89. The van der Waals surface area contributed by atoms with E-state index in [4.69, 9.17) is 4.74 Å². The summed E-state index contributed by atoms with van der Waals surface area (Å²) in [4.78, 5) is 24.8. The highest BCUT2D eigenvalue weighted by Gasteiger charge is 2.08. The molecule has 0 radical (unpaired) electrons. The van der Waals surface area contributed by atoms with Gasteiger partial charge in [-0.15, -0.1) is 11.8 Å². The number of esters is 1.